The minimum atomic E-state index is -0.252. The van der Waals surface area contributed by atoms with Crippen molar-refractivity contribution in [2.75, 3.05) is 0 Å². The van der Waals surface area contributed by atoms with Gasteiger partial charge in [-0.1, -0.05) is 161 Å². The van der Waals surface area contributed by atoms with Gasteiger partial charge in [0.25, 0.3) is 0 Å². The number of rotatable bonds is 6. The van der Waals surface area contributed by atoms with Crippen molar-refractivity contribution < 1.29 is 125 Å². The third-order valence-electron chi connectivity index (χ3n) is 16.7. The molecule has 0 atom stereocenters. The first-order chi connectivity index (χ1) is 47.5. The zero-order chi connectivity index (χ0) is 66.4. The summed E-state index contributed by atoms with van der Waals surface area (Å²) < 4.78 is 16.5. The molecule has 0 saturated heterocycles. The molecule has 15 heteroatoms. The first-order valence-corrected chi connectivity index (χ1v) is 32.7. The van der Waals surface area contributed by atoms with Gasteiger partial charge in [-0.2, -0.15) is 29.4 Å². The average Bonchev–Trinajstić information content (AvgIpc) is 1.62. The number of thiophene rings is 1. The zero-order valence-electron chi connectivity index (χ0n) is 55.9. The van der Waals surface area contributed by atoms with Gasteiger partial charge in [0.05, 0.1) is 23.1 Å². The fourth-order valence-electron chi connectivity index (χ4n) is 11.8. The monoisotopic (exact) mass is 2430 g/mol. The second kappa shape index (κ2) is 39.2. The van der Waals surface area contributed by atoms with Crippen molar-refractivity contribution in [2.45, 2.75) is 38.5 Å². The van der Waals surface area contributed by atoms with Crippen molar-refractivity contribution in [1.29, 1.82) is 0 Å². The number of fused-ring (bicyclic) bond motifs is 6. The molecular formula is C88H64FIr6N7S-6. The van der Waals surface area contributed by atoms with Crippen LogP contribution in [0.4, 0.5) is 15.8 Å². The summed E-state index contributed by atoms with van der Waals surface area (Å²) in [6.07, 6.45) is 7.44. The van der Waals surface area contributed by atoms with E-state index in [2.05, 4.69) is 180 Å². The van der Waals surface area contributed by atoms with Crippen molar-refractivity contribution in [2.24, 2.45) is 9.98 Å². The Morgan fingerprint density at radius 1 is 0.388 bits per heavy atom. The Labute approximate surface area is 686 Å². The van der Waals surface area contributed by atoms with Gasteiger partial charge in [-0.15, -0.1) is 167 Å². The summed E-state index contributed by atoms with van der Waals surface area (Å²) in [5, 5.41) is 11.4. The van der Waals surface area contributed by atoms with Gasteiger partial charge in [0.2, 0.25) is 0 Å². The molecule has 2 aliphatic rings. The molecule has 0 fully saturated rings. The van der Waals surface area contributed by atoms with E-state index in [-0.39, 0.29) is 137 Å². The molecule has 2 aliphatic heterocycles. The summed E-state index contributed by atoms with van der Waals surface area (Å²) in [6.45, 7) is 8.66. The second-order valence-corrected chi connectivity index (χ2v) is 24.9. The third-order valence-corrected chi connectivity index (χ3v) is 17.8. The van der Waals surface area contributed by atoms with E-state index in [0.29, 0.717) is 0 Å². The molecule has 0 N–H and O–H groups in total. The van der Waals surface area contributed by atoms with E-state index in [0.717, 1.165) is 83.6 Å². The molecule has 7 nitrogen and oxygen atoms in total. The fourth-order valence-corrected chi connectivity index (χ4v) is 12.7. The maximum Gasteiger partial charge on any atom is 0.0716 e. The van der Waals surface area contributed by atoms with Crippen LogP contribution in [-0.2, 0) is 131 Å². The molecule has 7 heterocycles. The van der Waals surface area contributed by atoms with Gasteiger partial charge in [0.15, 0.2) is 0 Å². The van der Waals surface area contributed by atoms with Gasteiger partial charge in [0, 0.05) is 167 Å². The maximum atomic E-state index is 13.3. The maximum absolute atomic E-state index is 13.3. The van der Waals surface area contributed by atoms with Crippen LogP contribution in [0.25, 0.3) is 81.3 Å². The number of aliphatic imine (C=N–C) groups is 2. The number of pyridine rings is 3. The van der Waals surface area contributed by atoms with Gasteiger partial charge in [-0.25, -0.2) is 15.7 Å². The van der Waals surface area contributed by atoms with Crippen molar-refractivity contribution in [1.82, 2.24) is 24.7 Å². The molecule has 103 heavy (non-hydrogen) atoms. The van der Waals surface area contributed by atoms with E-state index in [4.69, 9.17) is 4.99 Å². The molecule has 6 radical (unpaired) electrons. The Kier molecular flexibility index (Phi) is 31.3. The Bertz CT molecular complexity index is 5340. The molecule has 0 amide bonds. The summed E-state index contributed by atoms with van der Waals surface area (Å²) in [5.74, 6) is -0.252. The summed E-state index contributed by atoms with van der Waals surface area (Å²) in [5.41, 5.74) is 15.2. The molecule has 16 aromatic rings. The normalized spacial score (nSPS) is 11.9. The number of nitrogens with zero attached hydrogens (tertiary/aromatic N) is 7. The van der Waals surface area contributed by atoms with Crippen LogP contribution in [0.3, 0.4) is 0 Å². The molecule has 0 spiro atoms. The largest absolute Gasteiger partial charge is 0.304 e. The molecule has 11 aromatic carbocycles. The van der Waals surface area contributed by atoms with E-state index >= 15 is 0 Å². The summed E-state index contributed by atoms with van der Waals surface area (Å²) in [6, 6.07) is 115. The van der Waals surface area contributed by atoms with Crippen LogP contribution in [-0.4, -0.2) is 36.2 Å². The predicted molar refractivity (Wildman–Crippen MR) is 398 cm³/mol. The van der Waals surface area contributed by atoms with Gasteiger partial charge >= 0.3 is 0 Å². The van der Waals surface area contributed by atoms with Crippen LogP contribution >= 0.6 is 11.3 Å². The van der Waals surface area contributed by atoms with Crippen molar-refractivity contribution in [3.05, 3.63) is 380 Å². The Morgan fingerprint density at radius 3 is 1.53 bits per heavy atom. The number of aromatic nitrogens is 5. The number of benzene rings is 11. The van der Waals surface area contributed by atoms with E-state index < -0.39 is 0 Å². The van der Waals surface area contributed by atoms with Crippen LogP contribution in [0, 0.1) is 42.2 Å². The van der Waals surface area contributed by atoms with Gasteiger partial charge < -0.3 is 15.0 Å². The molecule has 0 saturated carbocycles. The Balaban J connectivity index is 0.000000171. The van der Waals surface area contributed by atoms with E-state index in [1.54, 1.807) is 17.4 Å². The minimum absolute atomic E-state index is 0. The van der Waals surface area contributed by atoms with E-state index in [9.17, 15) is 4.39 Å². The standard InChI is InChI=1S/C16H13FN.C16H14N.2C15H10N.C13H9N2.C13H8NS.6Ir/c1-16(2)13-8-3-4-9-14(13)18-15(16)11-6-5-7-12(17)10-11;1-16(2)13-10-6-7-11-14(13)17-15(16)12-8-4-3-5-9-12;1-2-7-13(8-3-1)15-14-9-5-4-6-12(14)10-11-16-15;1-2-6-12(7-3-1)15-10-13-8-4-5-9-14(13)11-16-15;1-2-7-12(8-3-1)15-13-9-5-4-6-11(13)10-14-15;1-2-7-12-10(5-1)9-13(15-12)11-6-3-4-8-14-11;;;;;;/h3-5,7-10H,1-2H3;3-8,10-11H,1-2H3;1-7,9-11H;1-6,8-11H;1-7,9-10H;1-8H;;;;;;/q6*-1;;;;;;. The smallest absolute Gasteiger partial charge is 0.0716 e. The Hall–Kier alpha value is -8.01. The number of halogens is 1. The van der Waals surface area contributed by atoms with E-state index in [1.807, 2.05) is 211 Å². The van der Waals surface area contributed by atoms with Crippen molar-refractivity contribution in [3.63, 3.8) is 0 Å². The van der Waals surface area contributed by atoms with Crippen molar-refractivity contribution in [3.8, 4) is 38.8 Å². The first kappa shape index (κ1) is 82.3. The average molecular weight is 2420 g/mol. The minimum Gasteiger partial charge on any atom is -0.304 e. The number of hydrogen-bond acceptors (Lipinski definition) is 7. The second-order valence-electron chi connectivity index (χ2n) is 23.9. The molecule has 5 aromatic heterocycles. The van der Waals surface area contributed by atoms with Crippen LogP contribution in [0.15, 0.2) is 326 Å². The fraction of sp³-hybridized carbons (Fsp3) is 0.0682. The predicted octanol–water partition coefficient (Wildman–Crippen LogP) is 21.9. The third kappa shape index (κ3) is 19.9. The number of para-hydroxylation sites is 4. The SMILES string of the molecule is CC1(C)C(c2[c-]ccc(F)c2)=Nc2ccccc21.CC1(C)C(c2[c-]cccc2)=Nc2ccccc21.[Ir].[Ir].[Ir].[Ir].[Ir].[Ir].[c-]1c(-c2ccccn2)sc2ccccc12.[c-]1ccccc1-c1cc2ccccc2cn1.[c-]1ccccc1-c1nccc2ccccc12.[c-]1ccccc1-n1ncc2ccccc21. The molecule has 18 rings (SSSR count). The summed E-state index contributed by atoms with van der Waals surface area (Å²) in [4.78, 5) is 23.7. The van der Waals surface area contributed by atoms with Crippen LogP contribution < -0.4 is 0 Å². The van der Waals surface area contributed by atoms with Crippen molar-refractivity contribution >= 4 is 76.7 Å². The molecule has 0 bridgehead atoms. The molecule has 524 valence electrons. The molecule has 0 aliphatic carbocycles. The van der Waals surface area contributed by atoms with Gasteiger partial charge in [0.1, 0.15) is 0 Å². The van der Waals surface area contributed by atoms with Gasteiger partial charge in [-0.05, 0) is 101 Å². The molecule has 0 unspecified atom stereocenters. The Morgan fingerprint density at radius 2 is 0.922 bits per heavy atom. The summed E-state index contributed by atoms with van der Waals surface area (Å²) >= 11 is 1.73. The molecular weight excluding hydrogens is 2360 g/mol. The van der Waals surface area contributed by atoms with E-state index in [1.165, 1.54) is 54.9 Å². The number of hydrogen-bond donors (Lipinski definition) is 0. The van der Waals surface area contributed by atoms with Gasteiger partial charge in [-0.3, -0.25) is 14.7 Å². The van der Waals surface area contributed by atoms with Crippen LogP contribution in [0.2, 0.25) is 0 Å². The zero-order valence-corrected chi connectivity index (χ0v) is 71.1. The summed E-state index contributed by atoms with van der Waals surface area (Å²) in [7, 11) is 0. The quantitative estimate of drug-likeness (QED) is 0.155. The van der Waals surface area contributed by atoms with Crippen LogP contribution in [0.1, 0.15) is 49.9 Å². The topological polar surface area (TPSA) is 81.2 Å². The van der Waals surface area contributed by atoms with Crippen LogP contribution in [0.5, 0.6) is 0 Å². The first-order valence-electron chi connectivity index (χ1n) is 31.9.